The fourth-order valence-electron chi connectivity index (χ4n) is 3.96. The minimum atomic E-state index is 0.761. The fraction of sp³-hybridized carbons (Fsp3) is 0.682. The highest BCUT2D eigenvalue weighted by Gasteiger charge is 2.17. The van der Waals surface area contributed by atoms with Gasteiger partial charge in [0.1, 0.15) is 0 Å². The molecule has 0 aliphatic carbocycles. The lowest BCUT2D eigenvalue weighted by molar-refractivity contribution is 0.253. The minimum absolute atomic E-state index is 0.761. The molecule has 0 aromatic heterocycles. The van der Waals surface area contributed by atoms with Crippen LogP contribution >= 0.6 is 11.8 Å². The fourth-order valence-corrected chi connectivity index (χ4v) is 5.16. The van der Waals surface area contributed by atoms with E-state index in [0.717, 1.165) is 37.4 Å². The molecule has 0 saturated carbocycles. The molecule has 2 fully saturated rings. The van der Waals surface area contributed by atoms with Crippen molar-refractivity contribution in [3.8, 4) is 0 Å². The monoisotopic (exact) mass is 403 g/mol. The molecule has 6 heteroatoms. The first kappa shape index (κ1) is 21.3. The van der Waals surface area contributed by atoms with E-state index in [2.05, 4.69) is 68.4 Å². The van der Waals surface area contributed by atoms with E-state index in [9.17, 15) is 0 Å². The van der Waals surface area contributed by atoms with Gasteiger partial charge in [-0.15, -0.1) is 0 Å². The van der Waals surface area contributed by atoms with Gasteiger partial charge < -0.3 is 15.5 Å². The van der Waals surface area contributed by atoms with Crippen LogP contribution in [0, 0.1) is 6.92 Å². The molecule has 0 spiro atoms. The Morgan fingerprint density at radius 1 is 1.18 bits per heavy atom. The molecular weight excluding hydrogens is 366 g/mol. The topological polar surface area (TPSA) is 42.9 Å². The largest absolute Gasteiger partial charge is 0.369 e. The number of anilines is 1. The van der Waals surface area contributed by atoms with Gasteiger partial charge in [0.05, 0.1) is 0 Å². The van der Waals surface area contributed by atoms with E-state index in [1.807, 2.05) is 7.05 Å². The van der Waals surface area contributed by atoms with Crippen LogP contribution in [0.3, 0.4) is 0 Å². The van der Waals surface area contributed by atoms with E-state index < -0.39 is 0 Å². The van der Waals surface area contributed by atoms with Crippen molar-refractivity contribution in [3.63, 3.8) is 0 Å². The maximum absolute atomic E-state index is 4.35. The molecular formula is C22H37N5S. The third-order valence-corrected chi connectivity index (χ3v) is 7.08. The number of nitrogens with zero attached hydrogens (tertiary/aromatic N) is 3. The van der Waals surface area contributed by atoms with Gasteiger partial charge in [-0.25, -0.2) is 0 Å². The molecule has 2 aliphatic rings. The molecule has 2 N–H and O–H groups in total. The Labute approximate surface area is 175 Å². The number of aryl methyl sites for hydroxylation is 1. The highest BCUT2D eigenvalue weighted by Crippen LogP contribution is 2.25. The van der Waals surface area contributed by atoms with Gasteiger partial charge in [-0.1, -0.05) is 12.1 Å². The van der Waals surface area contributed by atoms with Crippen LogP contribution in [0.15, 0.2) is 29.3 Å². The number of unbranched alkanes of at least 4 members (excludes halogenated alkanes) is 1. The quantitative estimate of drug-likeness (QED) is 0.397. The van der Waals surface area contributed by atoms with Gasteiger partial charge in [-0.3, -0.25) is 9.89 Å². The summed E-state index contributed by atoms with van der Waals surface area (Å²) in [5.74, 6) is 2.27. The van der Waals surface area contributed by atoms with E-state index in [-0.39, 0.29) is 0 Å². The summed E-state index contributed by atoms with van der Waals surface area (Å²) in [6.07, 6.45) is 5.14. The van der Waals surface area contributed by atoms with Gasteiger partial charge in [-0.05, 0) is 62.6 Å². The van der Waals surface area contributed by atoms with Crippen molar-refractivity contribution in [1.29, 1.82) is 0 Å². The Balaban J connectivity index is 1.24. The third-order valence-electron chi connectivity index (χ3n) is 5.68. The van der Waals surface area contributed by atoms with E-state index in [0.29, 0.717) is 0 Å². The molecule has 1 aromatic rings. The van der Waals surface area contributed by atoms with Crippen LogP contribution < -0.4 is 15.5 Å². The molecule has 2 saturated heterocycles. The van der Waals surface area contributed by atoms with Crippen molar-refractivity contribution >= 4 is 23.4 Å². The predicted molar refractivity (Wildman–Crippen MR) is 124 cm³/mol. The van der Waals surface area contributed by atoms with Crippen LogP contribution in [0.2, 0.25) is 0 Å². The second-order valence-corrected chi connectivity index (χ2v) is 9.30. The molecule has 0 radical (unpaired) electrons. The number of rotatable bonds is 8. The van der Waals surface area contributed by atoms with Gasteiger partial charge in [-0.2, -0.15) is 11.8 Å². The first-order valence-electron chi connectivity index (χ1n) is 10.8. The standard InChI is InChI=1S/C22H37N5S/c1-19-7-5-8-20(17-19)27-14-12-26(13-15-27)11-4-3-10-24-22(23-2)25-18-21-9-6-16-28-21/h5,7-8,17,21H,3-4,6,9-16,18H2,1-2H3,(H2,23,24,25). The Kier molecular flexibility index (Phi) is 8.80. The van der Waals surface area contributed by atoms with E-state index in [1.54, 1.807) is 0 Å². The second kappa shape index (κ2) is 11.6. The lowest BCUT2D eigenvalue weighted by Crippen LogP contribution is -2.46. The predicted octanol–water partition coefficient (Wildman–Crippen LogP) is 2.96. The molecule has 28 heavy (non-hydrogen) atoms. The maximum Gasteiger partial charge on any atom is 0.191 e. The molecule has 1 aromatic carbocycles. The zero-order valence-electron chi connectivity index (χ0n) is 17.6. The molecule has 2 aliphatic heterocycles. The van der Waals surface area contributed by atoms with Crippen LogP contribution in [0.5, 0.6) is 0 Å². The minimum Gasteiger partial charge on any atom is -0.369 e. The van der Waals surface area contributed by atoms with E-state index in [1.165, 1.54) is 62.3 Å². The normalized spacial score (nSPS) is 21.1. The second-order valence-electron chi connectivity index (χ2n) is 7.89. The summed E-state index contributed by atoms with van der Waals surface area (Å²) in [6.45, 7) is 10.0. The van der Waals surface area contributed by atoms with Gasteiger partial charge in [0.2, 0.25) is 0 Å². The average molecular weight is 404 g/mol. The van der Waals surface area contributed by atoms with Crippen molar-refractivity contribution in [1.82, 2.24) is 15.5 Å². The number of hydrogen-bond acceptors (Lipinski definition) is 4. The zero-order valence-corrected chi connectivity index (χ0v) is 18.4. The Morgan fingerprint density at radius 3 is 2.75 bits per heavy atom. The van der Waals surface area contributed by atoms with Crippen LogP contribution in [0.1, 0.15) is 31.2 Å². The smallest absolute Gasteiger partial charge is 0.191 e. The maximum atomic E-state index is 4.35. The summed E-state index contributed by atoms with van der Waals surface area (Å²) in [5.41, 5.74) is 2.72. The van der Waals surface area contributed by atoms with Crippen molar-refractivity contribution in [2.45, 2.75) is 37.9 Å². The summed E-state index contributed by atoms with van der Waals surface area (Å²) in [6, 6.07) is 8.87. The number of hydrogen-bond donors (Lipinski definition) is 2. The zero-order chi connectivity index (χ0) is 19.6. The highest BCUT2D eigenvalue weighted by atomic mass is 32.2. The summed E-state index contributed by atoms with van der Waals surface area (Å²) in [7, 11) is 1.87. The number of aliphatic imine (C=N–C) groups is 1. The van der Waals surface area contributed by atoms with Gasteiger partial charge >= 0.3 is 0 Å². The number of guanidine groups is 1. The molecule has 3 rings (SSSR count). The SMILES string of the molecule is CN=C(NCCCCN1CCN(c2cccc(C)c2)CC1)NCC1CCCS1. The van der Waals surface area contributed by atoms with E-state index in [4.69, 9.17) is 0 Å². The van der Waals surface area contributed by atoms with Gasteiger partial charge in [0, 0.05) is 57.3 Å². The first-order valence-corrected chi connectivity index (χ1v) is 11.9. The van der Waals surface area contributed by atoms with Crippen molar-refractivity contribution in [2.24, 2.45) is 4.99 Å². The van der Waals surface area contributed by atoms with Gasteiger partial charge in [0.15, 0.2) is 5.96 Å². The number of piperazine rings is 1. The summed E-state index contributed by atoms with van der Waals surface area (Å²) >= 11 is 2.09. The number of nitrogens with one attached hydrogen (secondary N) is 2. The lowest BCUT2D eigenvalue weighted by Gasteiger charge is -2.36. The molecule has 1 unspecified atom stereocenters. The molecule has 2 heterocycles. The number of benzene rings is 1. The van der Waals surface area contributed by atoms with Crippen LogP contribution in [-0.4, -0.2) is 74.7 Å². The van der Waals surface area contributed by atoms with Crippen molar-refractivity contribution < 1.29 is 0 Å². The van der Waals surface area contributed by atoms with Crippen molar-refractivity contribution in [3.05, 3.63) is 29.8 Å². The van der Waals surface area contributed by atoms with Crippen molar-refractivity contribution in [2.75, 3.05) is 63.5 Å². The van der Waals surface area contributed by atoms with E-state index >= 15 is 0 Å². The lowest BCUT2D eigenvalue weighted by atomic mass is 10.2. The molecule has 0 amide bonds. The Bertz CT molecular complexity index is 607. The molecule has 5 nitrogen and oxygen atoms in total. The van der Waals surface area contributed by atoms with Crippen LogP contribution in [0.4, 0.5) is 5.69 Å². The molecule has 156 valence electrons. The summed E-state index contributed by atoms with van der Waals surface area (Å²) < 4.78 is 0. The molecule has 0 bridgehead atoms. The third kappa shape index (κ3) is 6.89. The van der Waals surface area contributed by atoms with Crippen LogP contribution in [0.25, 0.3) is 0 Å². The average Bonchev–Trinajstić information content (AvgIpc) is 3.24. The first-order chi connectivity index (χ1) is 13.7. The summed E-state index contributed by atoms with van der Waals surface area (Å²) in [5, 5.41) is 7.71. The summed E-state index contributed by atoms with van der Waals surface area (Å²) in [4.78, 5) is 9.47. The molecule has 1 atom stereocenters. The number of thioether (sulfide) groups is 1. The highest BCUT2D eigenvalue weighted by molar-refractivity contribution is 8.00. The Hall–Kier alpha value is -1.40. The van der Waals surface area contributed by atoms with Crippen LogP contribution in [-0.2, 0) is 0 Å². The Morgan fingerprint density at radius 2 is 2.04 bits per heavy atom. The van der Waals surface area contributed by atoms with Gasteiger partial charge in [0.25, 0.3) is 0 Å².